The van der Waals surface area contributed by atoms with Gasteiger partial charge in [0, 0.05) is 13.1 Å². The second-order valence-electron chi connectivity index (χ2n) is 5.92. The topological polar surface area (TPSA) is 29.5 Å². The van der Waals surface area contributed by atoms with Crippen molar-refractivity contribution >= 4 is 13.1 Å². The summed E-state index contributed by atoms with van der Waals surface area (Å²) in [4.78, 5) is 13.2. The van der Waals surface area contributed by atoms with E-state index < -0.39 is 30.1 Å². The summed E-state index contributed by atoms with van der Waals surface area (Å²) in [7, 11) is 0. The van der Waals surface area contributed by atoms with Crippen LogP contribution in [-0.2, 0) is 4.74 Å². The second kappa shape index (κ2) is 7.67. The molecule has 0 saturated carbocycles. The summed E-state index contributed by atoms with van der Waals surface area (Å²) >= 11 is 0. The van der Waals surface area contributed by atoms with Gasteiger partial charge >= 0.3 is 64.5 Å². The number of rotatable bonds is 2. The van der Waals surface area contributed by atoms with Crippen molar-refractivity contribution in [3.8, 4) is 0 Å². The van der Waals surface area contributed by atoms with E-state index in [9.17, 15) is 17.7 Å². The zero-order valence-electron chi connectivity index (χ0n) is 12.6. The Morgan fingerprint density at radius 1 is 1.35 bits per heavy atom. The molecule has 3 nitrogen and oxygen atoms in total. The summed E-state index contributed by atoms with van der Waals surface area (Å²) < 4.78 is 43.2. The van der Waals surface area contributed by atoms with E-state index in [1.165, 1.54) is 4.90 Å². The maximum absolute atomic E-state index is 12.7. The third-order valence-corrected chi connectivity index (χ3v) is 3.02. The maximum atomic E-state index is 12.7. The second-order valence-corrected chi connectivity index (χ2v) is 5.92. The molecule has 1 aliphatic heterocycles. The largest absolute Gasteiger partial charge is 1.00 e. The molecule has 20 heavy (non-hydrogen) atoms. The van der Waals surface area contributed by atoms with E-state index in [1.54, 1.807) is 20.8 Å². The monoisotopic (exact) mass is 317 g/mol. The molecule has 1 aliphatic rings. The number of hydrogen-bond acceptors (Lipinski definition) is 2. The average Bonchev–Trinajstić information content (AvgIpc) is 2.24. The van der Waals surface area contributed by atoms with Gasteiger partial charge in [-0.25, -0.2) is 4.79 Å². The van der Waals surface area contributed by atoms with Crippen LogP contribution in [0.25, 0.3) is 0 Å². The molecule has 1 atom stereocenters. The molecule has 0 aromatic carbocycles. The Bertz CT molecular complexity index is 369. The van der Waals surface area contributed by atoms with Gasteiger partial charge in [-0.05, 0) is 39.5 Å². The van der Waals surface area contributed by atoms with Crippen LogP contribution in [-0.4, -0.2) is 36.7 Å². The first-order chi connectivity index (χ1) is 8.50. The molecule has 0 spiro atoms. The number of piperidine rings is 1. The third-order valence-electron chi connectivity index (χ3n) is 3.02. The number of carbonyl (C=O) groups is 1. The molecule has 0 bridgehead atoms. The van der Waals surface area contributed by atoms with E-state index >= 15 is 0 Å². The average molecular weight is 317 g/mol. The number of nitrogens with zero attached hydrogens (tertiary/aromatic N) is 1. The van der Waals surface area contributed by atoms with Crippen LogP contribution in [0.1, 0.15) is 33.6 Å². The minimum atomic E-state index is -5.05. The molecule has 1 unspecified atom stereocenters. The fourth-order valence-electron chi connectivity index (χ4n) is 2.04. The summed E-state index contributed by atoms with van der Waals surface area (Å²) in [6.07, 6.45) is 0.397. The molecule has 0 aliphatic carbocycles. The van der Waals surface area contributed by atoms with Gasteiger partial charge in [-0.2, -0.15) is 0 Å². The van der Waals surface area contributed by atoms with Crippen molar-refractivity contribution < 1.29 is 73.9 Å². The number of halogens is 3. The van der Waals surface area contributed by atoms with E-state index in [0.29, 0.717) is 19.4 Å². The van der Waals surface area contributed by atoms with E-state index in [4.69, 9.17) is 4.74 Å². The van der Waals surface area contributed by atoms with Crippen molar-refractivity contribution in [2.75, 3.05) is 13.1 Å². The summed E-state index contributed by atoms with van der Waals surface area (Å²) in [5.74, 6) is -0.707. The van der Waals surface area contributed by atoms with Crippen molar-refractivity contribution in [1.29, 1.82) is 0 Å². The van der Waals surface area contributed by atoms with Crippen LogP contribution in [0, 0.1) is 5.92 Å². The molecule has 1 amide bonds. The summed E-state index contributed by atoms with van der Waals surface area (Å²) in [5, 5.41) is 0. The minimum Gasteiger partial charge on any atom is -0.445 e. The van der Waals surface area contributed by atoms with Gasteiger partial charge in [0.15, 0.2) is 0 Å². The predicted molar refractivity (Wildman–Crippen MR) is 68.7 cm³/mol. The molecular weight excluding hydrogens is 297 g/mol. The van der Waals surface area contributed by atoms with Crippen LogP contribution in [0.2, 0.25) is 0 Å². The Hall–Kier alpha value is 0.501. The van der Waals surface area contributed by atoms with Gasteiger partial charge in [0.1, 0.15) is 5.60 Å². The Balaban J connectivity index is 0.00000361. The predicted octanol–water partition coefficient (Wildman–Crippen LogP) is 0.580. The van der Waals surface area contributed by atoms with Crippen molar-refractivity contribution in [2.24, 2.45) is 5.92 Å². The molecular formula is C12H20BF3KNO2. The Labute approximate surface area is 160 Å². The van der Waals surface area contributed by atoms with Crippen molar-refractivity contribution in [2.45, 2.75) is 39.2 Å². The first-order valence-corrected chi connectivity index (χ1v) is 6.37. The van der Waals surface area contributed by atoms with Gasteiger partial charge in [0.25, 0.3) is 0 Å². The molecule has 0 radical (unpaired) electrons. The summed E-state index contributed by atoms with van der Waals surface area (Å²) in [6, 6.07) is 0. The molecule has 8 heteroatoms. The van der Waals surface area contributed by atoms with Crippen molar-refractivity contribution in [1.82, 2.24) is 4.90 Å². The van der Waals surface area contributed by atoms with Crippen LogP contribution in [0.3, 0.4) is 0 Å². The van der Waals surface area contributed by atoms with Gasteiger partial charge in [-0.15, -0.1) is 12.1 Å². The molecule has 1 saturated heterocycles. The van der Waals surface area contributed by atoms with E-state index in [0.717, 1.165) is 0 Å². The number of carbonyl (C=O) groups excluding carboxylic acids is 1. The zero-order valence-corrected chi connectivity index (χ0v) is 15.7. The van der Waals surface area contributed by atoms with Crippen LogP contribution < -0.4 is 51.4 Å². The zero-order chi connectivity index (χ0) is 14.8. The fraction of sp³-hybridized carbons (Fsp3) is 0.750. The van der Waals surface area contributed by atoms with Gasteiger partial charge < -0.3 is 22.6 Å². The van der Waals surface area contributed by atoms with Gasteiger partial charge in [0.2, 0.25) is 0 Å². The number of hydrogen-bond donors (Lipinski definition) is 0. The smallest absolute Gasteiger partial charge is 0.445 e. The quantitative estimate of drug-likeness (QED) is 0.698. The van der Waals surface area contributed by atoms with Crippen molar-refractivity contribution in [3.63, 3.8) is 0 Å². The van der Waals surface area contributed by atoms with E-state index in [-0.39, 0.29) is 57.9 Å². The molecule has 110 valence electrons. The molecule has 0 aromatic rings. The Morgan fingerprint density at radius 2 is 1.90 bits per heavy atom. The summed E-state index contributed by atoms with van der Waals surface area (Å²) in [5.41, 5.74) is -1.34. The van der Waals surface area contributed by atoms with E-state index in [2.05, 4.69) is 6.58 Å². The number of likely N-dealkylation sites (tertiary alicyclic amines) is 1. The Kier molecular flexibility index (Phi) is 7.86. The first kappa shape index (κ1) is 20.5. The van der Waals surface area contributed by atoms with Crippen LogP contribution in [0.15, 0.2) is 12.1 Å². The maximum Gasteiger partial charge on any atom is 1.00 e. The van der Waals surface area contributed by atoms with E-state index in [1.807, 2.05) is 0 Å². The molecule has 0 aromatic heterocycles. The third kappa shape index (κ3) is 6.51. The van der Waals surface area contributed by atoms with Crippen LogP contribution >= 0.6 is 0 Å². The number of ether oxygens (including phenoxy) is 1. The Morgan fingerprint density at radius 3 is 2.35 bits per heavy atom. The standard InChI is InChI=1S/C12H20BF3NO2.K/c1-9(13(14,15)16)10-6-5-7-17(8-10)11(18)19-12(2,3)4;/h10H,1,5-8H2,2-4H3;/q-1;+1. The van der Waals surface area contributed by atoms with Crippen LogP contribution in [0.5, 0.6) is 0 Å². The van der Waals surface area contributed by atoms with Gasteiger partial charge in [-0.3, -0.25) is 0 Å². The summed E-state index contributed by atoms with van der Waals surface area (Å²) in [6.45, 7) is 3.75. The van der Waals surface area contributed by atoms with Crippen LogP contribution in [0.4, 0.5) is 17.7 Å². The van der Waals surface area contributed by atoms with Gasteiger partial charge in [0.05, 0.1) is 0 Å². The number of amides is 1. The normalized spacial score (nSPS) is 20.1. The molecule has 1 fully saturated rings. The SMILES string of the molecule is C=C(C1CCCN(C(=O)OC(C)(C)C)C1)[B-](F)(F)F.[K+]. The fourth-order valence-corrected chi connectivity index (χ4v) is 2.04. The molecule has 1 rings (SSSR count). The van der Waals surface area contributed by atoms with Crippen molar-refractivity contribution in [3.05, 3.63) is 12.1 Å². The molecule has 0 N–H and O–H groups in total. The van der Waals surface area contributed by atoms with Gasteiger partial charge in [-0.1, -0.05) is 0 Å². The molecule has 1 heterocycles. The first-order valence-electron chi connectivity index (χ1n) is 6.37. The minimum absolute atomic E-state index is 0.